The van der Waals surface area contributed by atoms with E-state index in [4.69, 9.17) is 40.5 Å². The van der Waals surface area contributed by atoms with Crippen LogP contribution < -0.4 is 108 Å². The number of terminal acetylenes is 1. The summed E-state index contributed by atoms with van der Waals surface area (Å²) in [5.74, 6) is 7.08. The SMILES string of the molecule is BrBr.C#CC#CC.C=CCC1(O)CCN(C(=O)OC(C)(C)C)CC1.CC(C)(C)OC(=O)N1CCC(O)(CC(Br)CBr)CC1.CC(C)(C)OC(=O)N1CCC2(CC1)CC(Br)CO2.CO.O=CO[O-].PPP.[H-].[K+].[K+]. The normalized spacial score (nSPS) is 18.1. The van der Waals surface area contributed by atoms with Gasteiger partial charge in [-0.3, -0.25) is 4.79 Å². The average Bonchev–Trinajstić information content (AvgIpc) is 3.63. The second kappa shape index (κ2) is 47.5. The van der Waals surface area contributed by atoms with Crippen molar-refractivity contribution in [3.05, 3.63) is 12.7 Å². The fourth-order valence-electron chi connectivity index (χ4n) is 6.64. The van der Waals surface area contributed by atoms with Crippen LogP contribution in [0.2, 0.25) is 0 Å². The maximum Gasteiger partial charge on any atom is 1.00 e. The Morgan fingerprint density at radius 2 is 1.15 bits per heavy atom. The van der Waals surface area contributed by atoms with Gasteiger partial charge in [-0.25, -0.2) is 14.4 Å². The summed E-state index contributed by atoms with van der Waals surface area (Å²) in [5, 5.41) is 36.9. The maximum atomic E-state index is 11.9. The Balaban J connectivity index is -0.000000153. The molecule has 3 amide bonds. The van der Waals surface area contributed by atoms with Gasteiger partial charge in [-0.15, -0.1) is 30.9 Å². The molecule has 4 fully saturated rings. The molecule has 0 aliphatic carbocycles. The van der Waals surface area contributed by atoms with Crippen LogP contribution in [0.3, 0.4) is 0 Å². The third-order valence-electron chi connectivity index (χ3n) is 9.71. The molecule has 4 aliphatic heterocycles. The van der Waals surface area contributed by atoms with Crippen molar-refractivity contribution in [1.82, 2.24) is 14.7 Å². The molecule has 16 nitrogen and oxygen atoms in total. The fourth-order valence-corrected chi connectivity index (χ4v) is 8.19. The van der Waals surface area contributed by atoms with Gasteiger partial charge >= 0.3 is 121 Å². The number of aliphatic hydroxyl groups excluding tert-OH is 1. The first-order valence-electron chi connectivity index (χ1n) is 22.3. The van der Waals surface area contributed by atoms with E-state index in [1.807, 2.05) is 62.3 Å². The van der Waals surface area contributed by atoms with E-state index in [0.717, 1.165) is 59.4 Å². The molecule has 4 heterocycles. The average molecular weight is 1460 g/mol. The van der Waals surface area contributed by atoms with Crippen LogP contribution in [0.25, 0.3) is 0 Å². The van der Waals surface area contributed by atoms with Gasteiger partial charge in [0.15, 0.2) is 0 Å². The van der Waals surface area contributed by atoms with Gasteiger partial charge in [0.1, 0.15) is 16.8 Å². The monoisotopic (exact) mass is 1450 g/mol. The topological polar surface area (TPSA) is 208 Å². The first-order valence-corrected chi connectivity index (χ1v) is 33.6. The molecule has 0 saturated carbocycles. The minimum atomic E-state index is -0.694. The number of likely N-dealkylation sites (tertiary alicyclic amines) is 3. The first kappa shape index (κ1) is 86.2. The number of carbonyl (C=O) groups excluding carboxylic acids is 4. The van der Waals surface area contributed by atoms with Crippen molar-refractivity contribution < 1.29 is 168 Å². The van der Waals surface area contributed by atoms with Crippen LogP contribution in [0.4, 0.5) is 14.4 Å². The van der Waals surface area contributed by atoms with Crippen molar-refractivity contribution >= 4 is 127 Å². The quantitative estimate of drug-likeness (QED) is 0.0391. The molecule has 4 aliphatic rings. The van der Waals surface area contributed by atoms with Gasteiger partial charge in [0.05, 0.1) is 23.4 Å². The van der Waals surface area contributed by atoms with E-state index >= 15 is 0 Å². The minimum Gasteiger partial charge on any atom is -1.00 e. The predicted molar refractivity (Wildman–Crippen MR) is 307 cm³/mol. The number of hydrogen-bond acceptors (Lipinski definition) is 13. The molecular formula is C46H83Br5K2N3O13P3. The summed E-state index contributed by atoms with van der Waals surface area (Å²) >= 11 is 16.0. The third kappa shape index (κ3) is 45.6. The van der Waals surface area contributed by atoms with E-state index in [2.05, 4.69) is 123 Å². The zero-order valence-corrected chi connectivity index (χ0v) is 62.4. The summed E-state index contributed by atoms with van der Waals surface area (Å²) in [4.78, 5) is 52.7. The van der Waals surface area contributed by atoms with Crippen LogP contribution in [0.5, 0.6) is 0 Å². The number of nitrogens with zero attached hydrogens (tertiary/aromatic N) is 3. The number of halogens is 5. The summed E-state index contributed by atoms with van der Waals surface area (Å²) in [6.07, 6.45) is 12.2. The zero-order valence-electron chi connectivity index (χ0n) is 45.9. The molecular weight excluding hydrogens is 1370 g/mol. The summed E-state index contributed by atoms with van der Waals surface area (Å²) in [5.41, 5.74) is -2.74. The Bertz CT molecular complexity index is 1570. The summed E-state index contributed by atoms with van der Waals surface area (Å²) < 4.78 is 21.9. The number of amides is 3. The molecule has 72 heavy (non-hydrogen) atoms. The van der Waals surface area contributed by atoms with Crippen molar-refractivity contribution in [3.63, 3.8) is 0 Å². The van der Waals surface area contributed by atoms with Crippen LogP contribution in [-0.4, -0.2) is 156 Å². The van der Waals surface area contributed by atoms with Crippen molar-refractivity contribution in [2.24, 2.45) is 0 Å². The Labute approximate surface area is 566 Å². The van der Waals surface area contributed by atoms with Crippen LogP contribution in [0.1, 0.15) is 128 Å². The van der Waals surface area contributed by atoms with E-state index in [1.54, 1.807) is 27.7 Å². The third-order valence-corrected chi connectivity index (χ3v) is 12.6. The van der Waals surface area contributed by atoms with Gasteiger partial charge in [-0.2, -0.15) is 0 Å². The Hall–Kier alpha value is 2.90. The smallest absolute Gasteiger partial charge is 1.00 e. The standard InChI is InChI=1S/C13H23Br2NO3.C13H22BrNO3.C13H23NO3.C5H4.CH2O3.CH4O.Br2.2K.H5P3.H/c1-12(2,3)19-11(17)16-6-4-13(18,5-7-16)8-10(15)9-14;1-12(2,3)18-11(16)15-6-4-13(5-7-15)8-10(14)9-17-13;1-5-6-13(16)7-9-14(10-8-13)11(15)17-12(2,3)4;1-3-5-4-2;2-1-4-3;2*1-2;;;1-3-2;/h10,18H,4-9H2,1-3H3;10H,4-9H2,1-3H3;5,16H,1,6-10H2,2-4H3;1H,2H3;1,3H;2H,1H3;;;;3H,1-2H2;/q;;;;;;;2*+1;;-1/p-1. The zero-order chi connectivity index (χ0) is 55.4. The Morgan fingerprint density at radius 1 is 0.833 bits per heavy atom. The number of alkyl halides is 3. The van der Waals surface area contributed by atoms with Crippen LogP contribution >= 0.6 is 102 Å². The van der Waals surface area contributed by atoms with Gasteiger partial charge < -0.3 is 60.5 Å². The van der Waals surface area contributed by atoms with E-state index in [-0.39, 0.29) is 139 Å². The molecule has 4 rings (SSSR count). The number of hydrogen-bond donors (Lipinski definition) is 3. The minimum absolute atomic E-state index is 0. The molecule has 4 unspecified atom stereocenters. The van der Waals surface area contributed by atoms with Gasteiger partial charge in [-0.05, 0) is 139 Å². The Kier molecular flexibility index (Phi) is 56.9. The number of carbonyl (C=O) groups is 4. The summed E-state index contributed by atoms with van der Waals surface area (Å²) in [6, 6.07) is 0. The molecule has 4 saturated heterocycles. The fraction of sp³-hybridized carbons (Fsp3) is 0.783. The molecule has 4 atom stereocenters. The molecule has 1 spiro atoms. The molecule has 412 valence electrons. The van der Waals surface area contributed by atoms with E-state index in [1.165, 1.54) is 0 Å². The maximum absolute atomic E-state index is 11.9. The molecule has 0 aromatic heterocycles. The second-order valence-electron chi connectivity index (χ2n) is 19.0. The van der Waals surface area contributed by atoms with E-state index in [9.17, 15) is 24.6 Å². The molecule has 0 bridgehead atoms. The molecule has 3 N–H and O–H groups in total. The molecule has 0 radical (unpaired) electrons. The van der Waals surface area contributed by atoms with Crippen molar-refractivity contribution in [1.29, 1.82) is 0 Å². The van der Waals surface area contributed by atoms with Gasteiger partial charge in [0, 0.05) is 89.6 Å². The number of piperidine rings is 3. The van der Waals surface area contributed by atoms with E-state index < -0.39 is 28.0 Å². The molecule has 0 aromatic rings. The predicted octanol–water partition coefficient (Wildman–Crippen LogP) is 4.30. The largest absolute Gasteiger partial charge is 1.00 e. The number of aliphatic hydroxyl groups is 3. The number of ether oxygens (including phenoxy) is 4. The van der Waals surface area contributed by atoms with Crippen LogP contribution in [-0.2, 0) is 28.6 Å². The summed E-state index contributed by atoms with van der Waals surface area (Å²) in [6.45, 7) is 26.4. The van der Waals surface area contributed by atoms with Crippen molar-refractivity contribution in [3.8, 4) is 24.2 Å². The summed E-state index contributed by atoms with van der Waals surface area (Å²) in [7, 11) is 7.06. The van der Waals surface area contributed by atoms with Crippen molar-refractivity contribution in [2.75, 3.05) is 58.3 Å². The molecule has 0 aromatic carbocycles. The van der Waals surface area contributed by atoms with Crippen LogP contribution in [0, 0.1) is 24.2 Å². The molecule has 26 heteroatoms. The Morgan fingerprint density at radius 3 is 1.38 bits per heavy atom. The van der Waals surface area contributed by atoms with Crippen LogP contribution in [0.15, 0.2) is 12.7 Å². The van der Waals surface area contributed by atoms with Gasteiger partial charge in [0.25, 0.3) is 6.47 Å². The first-order chi connectivity index (χ1) is 32.4. The van der Waals surface area contributed by atoms with Gasteiger partial charge in [-0.1, -0.05) is 67.7 Å². The second-order valence-corrected chi connectivity index (χ2v) is 26.5. The van der Waals surface area contributed by atoms with Crippen molar-refractivity contribution in [2.45, 2.75) is 170 Å². The van der Waals surface area contributed by atoms with Gasteiger partial charge in [0.2, 0.25) is 0 Å². The van der Waals surface area contributed by atoms with E-state index in [0.29, 0.717) is 69.5 Å². The number of rotatable bonds is 6.